The number of carbonyl (C=O) groups excluding carboxylic acids is 1. The molecule has 0 N–H and O–H groups in total. The first-order chi connectivity index (χ1) is 6.65. The predicted molar refractivity (Wildman–Crippen MR) is 54.4 cm³/mol. The van der Waals surface area contributed by atoms with Crippen LogP contribution in [0.25, 0.3) is 0 Å². The van der Waals surface area contributed by atoms with E-state index in [-0.39, 0.29) is 11.9 Å². The quantitative estimate of drug-likeness (QED) is 0.695. The van der Waals surface area contributed by atoms with Crippen molar-refractivity contribution in [2.75, 3.05) is 25.6 Å². The number of aromatic nitrogens is 2. The van der Waals surface area contributed by atoms with Gasteiger partial charge in [-0.2, -0.15) is 0 Å². The predicted octanol–water partition coefficient (Wildman–Crippen LogP) is 0.783. The number of anilines is 1. The maximum Gasteiger partial charge on any atom is 0.310 e. The van der Waals surface area contributed by atoms with Gasteiger partial charge in [-0.3, -0.25) is 4.79 Å². The molecule has 0 aliphatic rings. The summed E-state index contributed by atoms with van der Waals surface area (Å²) in [4.78, 5) is 13.0. The lowest BCUT2D eigenvalue weighted by Gasteiger charge is -2.18. The Bertz CT molecular complexity index is 289. The van der Waals surface area contributed by atoms with Crippen LogP contribution in [0.5, 0.6) is 0 Å². The molecule has 1 aromatic heterocycles. The first kappa shape index (κ1) is 10.9. The summed E-state index contributed by atoms with van der Waals surface area (Å²) in [5.74, 6) is -0.365. The highest BCUT2D eigenvalue weighted by Gasteiger charge is 2.16. The zero-order chi connectivity index (χ0) is 10.6. The number of hydrogen-bond donors (Lipinski definition) is 0. The third-order valence-electron chi connectivity index (χ3n) is 1.83. The Hall–Kier alpha value is -1.17. The second-order valence-electron chi connectivity index (χ2n) is 3.03. The van der Waals surface area contributed by atoms with Gasteiger partial charge in [-0.1, -0.05) is 18.3 Å². The molecule has 0 aliphatic heterocycles. The molecule has 0 amide bonds. The average molecular weight is 215 g/mol. The van der Waals surface area contributed by atoms with Crippen LogP contribution in [0.1, 0.15) is 6.92 Å². The minimum absolute atomic E-state index is 0.158. The van der Waals surface area contributed by atoms with Crippen molar-refractivity contribution in [1.82, 2.24) is 10.2 Å². The number of methoxy groups -OCH3 is 1. The minimum Gasteiger partial charge on any atom is -0.469 e. The minimum atomic E-state index is -0.207. The normalized spacial score (nSPS) is 12.2. The Morgan fingerprint density at radius 3 is 3.00 bits per heavy atom. The third-order valence-corrected chi connectivity index (χ3v) is 2.63. The molecule has 0 fully saturated rings. The molecule has 78 valence electrons. The van der Waals surface area contributed by atoms with Gasteiger partial charge in [0.1, 0.15) is 5.51 Å². The largest absolute Gasteiger partial charge is 0.469 e. The lowest BCUT2D eigenvalue weighted by molar-refractivity contribution is -0.144. The van der Waals surface area contributed by atoms with Gasteiger partial charge in [0.05, 0.1) is 13.0 Å². The lowest BCUT2D eigenvalue weighted by Crippen LogP contribution is -2.29. The standard InChI is InChI=1S/C8H13N3O2S/c1-6(7(12)13-3)4-11(2)8-10-9-5-14-8/h5-6H,4H2,1-3H3. The van der Waals surface area contributed by atoms with Gasteiger partial charge in [-0.25, -0.2) is 0 Å². The Labute approximate surface area is 86.7 Å². The molecule has 0 bridgehead atoms. The SMILES string of the molecule is COC(=O)C(C)CN(C)c1nncs1. The molecule has 0 spiro atoms. The van der Waals surface area contributed by atoms with Gasteiger partial charge in [-0.05, 0) is 0 Å². The van der Waals surface area contributed by atoms with E-state index in [0.717, 1.165) is 5.13 Å². The van der Waals surface area contributed by atoms with Crippen LogP contribution < -0.4 is 4.90 Å². The second kappa shape index (κ2) is 4.90. The molecule has 1 atom stereocenters. The molecule has 0 aliphatic carbocycles. The summed E-state index contributed by atoms with van der Waals surface area (Å²) in [7, 11) is 3.27. The van der Waals surface area contributed by atoms with E-state index in [2.05, 4.69) is 14.9 Å². The fraction of sp³-hybridized carbons (Fsp3) is 0.625. The van der Waals surface area contributed by atoms with Gasteiger partial charge in [-0.15, -0.1) is 10.2 Å². The Morgan fingerprint density at radius 2 is 2.50 bits per heavy atom. The van der Waals surface area contributed by atoms with Crippen molar-refractivity contribution in [3.63, 3.8) is 0 Å². The number of ether oxygens (including phenoxy) is 1. The molecule has 0 radical (unpaired) electrons. The van der Waals surface area contributed by atoms with Gasteiger partial charge < -0.3 is 9.64 Å². The maximum absolute atomic E-state index is 11.1. The smallest absolute Gasteiger partial charge is 0.310 e. The number of nitrogens with zero attached hydrogens (tertiary/aromatic N) is 3. The first-order valence-electron chi connectivity index (χ1n) is 4.20. The van der Waals surface area contributed by atoms with Gasteiger partial charge in [0.25, 0.3) is 0 Å². The summed E-state index contributed by atoms with van der Waals surface area (Å²) in [6.07, 6.45) is 0. The van der Waals surface area contributed by atoms with Crippen LogP contribution in [-0.2, 0) is 9.53 Å². The Morgan fingerprint density at radius 1 is 1.79 bits per heavy atom. The maximum atomic E-state index is 11.1. The second-order valence-corrected chi connectivity index (χ2v) is 3.84. The van der Waals surface area contributed by atoms with Gasteiger partial charge in [0, 0.05) is 13.6 Å². The van der Waals surface area contributed by atoms with E-state index in [1.165, 1.54) is 18.4 Å². The van der Waals surface area contributed by atoms with Crippen LogP contribution in [0.15, 0.2) is 5.51 Å². The number of esters is 1. The van der Waals surface area contributed by atoms with Crippen LogP contribution >= 0.6 is 11.3 Å². The molecule has 1 unspecified atom stereocenters. The monoisotopic (exact) mass is 215 g/mol. The van der Waals surface area contributed by atoms with Crippen molar-refractivity contribution in [1.29, 1.82) is 0 Å². The highest BCUT2D eigenvalue weighted by Crippen LogP contribution is 2.15. The van der Waals surface area contributed by atoms with E-state index in [1.807, 2.05) is 18.9 Å². The zero-order valence-electron chi connectivity index (χ0n) is 8.43. The van der Waals surface area contributed by atoms with Crippen molar-refractivity contribution >= 4 is 22.4 Å². The van der Waals surface area contributed by atoms with Gasteiger partial charge >= 0.3 is 5.97 Å². The fourth-order valence-corrected chi connectivity index (χ4v) is 1.64. The van der Waals surface area contributed by atoms with Crippen LogP contribution in [0.2, 0.25) is 0 Å². The fourth-order valence-electron chi connectivity index (χ4n) is 1.10. The van der Waals surface area contributed by atoms with E-state index in [0.29, 0.717) is 6.54 Å². The van der Waals surface area contributed by atoms with Crippen molar-refractivity contribution < 1.29 is 9.53 Å². The van der Waals surface area contributed by atoms with Gasteiger partial charge in [0.15, 0.2) is 0 Å². The first-order valence-corrected chi connectivity index (χ1v) is 5.08. The van der Waals surface area contributed by atoms with Crippen molar-refractivity contribution in [3.05, 3.63) is 5.51 Å². The molecule has 14 heavy (non-hydrogen) atoms. The van der Waals surface area contributed by atoms with Gasteiger partial charge in [0.2, 0.25) is 5.13 Å². The highest BCUT2D eigenvalue weighted by molar-refractivity contribution is 7.13. The molecule has 0 saturated heterocycles. The van der Waals surface area contributed by atoms with E-state index < -0.39 is 0 Å². The lowest BCUT2D eigenvalue weighted by atomic mass is 10.2. The Balaban J connectivity index is 2.49. The van der Waals surface area contributed by atoms with E-state index >= 15 is 0 Å². The molecule has 1 heterocycles. The summed E-state index contributed by atoms with van der Waals surface area (Å²) >= 11 is 1.44. The molecule has 1 rings (SSSR count). The van der Waals surface area contributed by atoms with Crippen LogP contribution in [0.3, 0.4) is 0 Å². The van der Waals surface area contributed by atoms with E-state index in [9.17, 15) is 4.79 Å². The number of hydrogen-bond acceptors (Lipinski definition) is 6. The molecule has 0 aromatic carbocycles. The molecular weight excluding hydrogens is 202 g/mol. The Kier molecular flexibility index (Phi) is 3.82. The van der Waals surface area contributed by atoms with E-state index in [4.69, 9.17) is 0 Å². The van der Waals surface area contributed by atoms with Crippen molar-refractivity contribution in [3.8, 4) is 0 Å². The number of carbonyl (C=O) groups is 1. The highest BCUT2D eigenvalue weighted by atomic mass is 32.1. The summed E-state index contributed by atoms with van der Waals surface area (Å²) in [6.45, 7) is 2.41. The van der Waals surface area contributed by atoms with Crippen molar-refractivity contribution in [2.45, 2.75) is 6.92 Å². The van der Waals surface area contributed by atoms with Crippen LogP contribution in [0.4, 0.5) is 5.13 Å². The summed E-state index contributed by atoms with van der Waals surface area (Å²) in [5.41, 5.74) is 1.66. The van der Waals surface area contributed by atoms with Crippen LogP contribution in [0, 0.1) is 5.92 Å². The van der Waals surface area contributed by atoms with E-state index in [1.54, 1.807) is 5.51 Å². The summed E-state index contributed by atoms with van der Waals surface area (Å²) in [6, 6.07) is 0. The third kappa shape index (κ3) is 2.66. The molecular formula is C8H13N3O2S. The number of rotatable bonds is 4. The molecule has 6 heteroatoms. The summed E-state index contributed by atoms with van der Waals surface area (Å²) in [5, 5.41) is 8.43. The molecule has 0 saturated carbocycles. The summed E-state index contributed by atoms with van der Waals surface area (Å²) < 4.78 is 4.63. The van der Waals surface area contributed by atoms with Crippen molar-refractivity contribution in [2.24, 2.45) is 5.92 Å². The zero-order valence-corrected chi connectivity index (χ0v) is 9.24. The average Bonchev–Trinajstić information content (AvgIpc) is 2.69. The van der Waals surface area contributed by atoms with Crippen LogP contribution in [-0.4, -0.2) is 36.9 Å². The molecule has 5 nitrogen and oxygen atoms in total. The topological polar surface area (TPSA) is 55.3 Å². The molecule has 1 aromatic rings.